The Morgan fingerprint density at radius 3 is 2.30 bits per heavy atom. The van der Waals surface area contributed by atoms with E-state index in [1.807, 2.05) is 0 Å². The van der Waals surface area contributed by atoms with E-state index in [0.717, 1.165) is 13.1 Å². The summed E-state index contributed by atoms with van der Waals surface area (Å²) in [5, 5.41) is 12.8. The SMILES string of the molecule is COCCOCCOCCNCC1CCCCC1CO. The Hall–Kier alpha value is -0.200. The van der Waals surface area contributed by atoms with Gasteiger partial charge in [-0.2, -0.15) is 0 Å². The third kappa shape index (κ3) is 8.17. The Balaban J connectivity index is 1.86. The van der Waals surface area contributed by atoms with Gasteiger partial charge in [0.1, 0.15) is 0 Å². The Kier molecular flexibility index (Phi) is 11.2. The number of hydrogen-bond donors (Lipinski definition) is 2. The number of hydrogen-bond acceptors (Lipinski definition) is 5. The zero-order valence-electron chi connectivity index (χ0n) is 12.8. The van der Waals surface area contributed by atoms with Crippen molar-refractivity contribution in [3.8, 4) is 0 Å². The molecule has 0 aromatic carbocycles. The average Bonchev–Trinajstić information content (AvgIpc) is 2.49. The third-order valence-electron chi connectivity index (χ3n) is 3.93. The van der Waals surface area contributed by atoms with Crippen molar-refractivity contribution in [3.63, 3.8) is 0 Å². The van der Waals surface area contributed by atoms with Gasteiger partial charge in [-0.1, -0.05) is 12.8 Å². The molecule has 0 heterocycles. The molecule has 1 rings (SSSR count). The molecule has 0 saturated heterocycles. The number of ether oxygens (including phenoxy) is 3. The van der Waals surface area contributed by atoms with Gasteiger partial charge in [-0.25, -0.2) is 0 Å². The predicted molar refractivity (Wildman–Crippen MR) is 78.9 cm³/mol. The quantitative estimate of drug-likeness (QED) is 0.526. The van der Waals surface area contributed by atoms with Gasteiger partial charge in [0.15, 0.2) is 0 Å². The second-order valence-corrected chi connectivity index (χ2v) is 5.41. The highest BCUT2D eigenvalue weighted by Crippen LogP contribution is 2.28. The van der Waals surface area contributed by atoms with Gasteiger partial charge in [-0.05, 0) is 31.2 Å². The number of aliphatic hydroxyl groups excluding tert-OH is 1. The average molecular weight is 289 g/mol. The minimum Gasteiger partial charge on any atom is -0.396 e. The lowest BCUT2D eigenvalue weighted by Gasteiger charge is -2.30. The summed E-state index contributed by atoms with van der Waals surface area (Å²) in [6.45, 7) is 5.43. The highest BCUT2D eigenvalue weighted by atomic mass is 16.5. The van der Waals surface area contributed by atoms with E-state index < -0.39 is 0 Å². The molecule has 0 aliphatic heterocycles. The Labute approximate surface area is 123 Å². The molecule has 5 heteroatoms. The van der Waals surface area contributed by atoms with Crippen molar-refractivity contribution in [1.82, 2.24) is 5.32 Å². The van der Waals surface area contributed by atoms with Crippen LogP contribution in [0.15, 0.2) is 0 Å². The number of rotatable bonds is 12. The predicted octanol–water partition coefficient (Wildman–Crippen LogP) is 1.05. The van der Waals surface area contributed by atoms with E-state index in [2.05, 4.69) is 5.32 Å². The maximum Gasteiger partial charge on any atom is 0.0701 e. The van der Waals surface area contributed by atoms with E-state index in [1.165, 1.54) is 25.7 Å². The van der Waals surface area contributed by atoms with Crippen LogP contribution in [0.4, 0.5) is 0 Å². The van der Waals surface area contributed by atoms with E-state index in [1.54, 1.807) is 7.11 Å². The summed E-state index contributed by atoms with van der Waals surface area (Å²) >= 11 is 0. The summed E-state index contributed by atoms with van der Waals surface area (Å²) in [6, 6.07) is 0. The van der Waals surface area contributed by atoms with Gasteiger partial charge in [-0.3, -0.25) is 0 Å². The van der Waals surface area contributed by atoms with Gasteiger partial charge in [0, 0.05) is 20.3 Å². The lowest BCUT2D eigenvalue weighted by atomic mass is 9.80. The molecule has 2 atom stereocenters. The molecule has 5 nitrogen and oxygen atoms in total. The second-order valence-electron chi connectivity index (χ2n) is 5.41. The number of aliphatic hydroxyl groups is 1. The standard InChI is InChI=1S/C15H31NO4/c1-18-8-9-20-11-10-19-7-6-16-12-14-4-2-3-5-15(14)13-17/h14-17H,2-13H2,1H3. The fraction of sp³-hybridized carbons (Fsp3) is 1.00. The summed E-state index contributed by atoms with van der Waals surface area (Å²) in [5.41, 5.74) is 0. The highest BCUT2D eigenvalue weighted by molar-refractivity contribution is 4.76. The first-order valence-electron chi connectivity index (χ1n) is 7.84. The van der Waals surface area contributed by atoms with Crippen LogP contribution < -0.4 is 5.32 Å². The van der Waals surface area contributed by atoms with E-state index >= 15 is 0 Å². The van der Waals surface area contributed by atoms with E-state index in [0.29, 0.717) is 51.5 Å². The van der Waals surface area contributed by atoms with Crippen molar-refractivity contribution >= 4 is 0 Å². The van der Waals surface area contributed by atoms with Crippen LogP contribution in [0.1, 0.15) is 25.7 Å². The van der Waals surface area contributed by atoms with Crippen LogP contribution in [0.2, 0.25) is 0 Å². The fourth-order valence-corrected chi connectivity index (χ4v) is 2.69. The van der Waals surface area contributed by atoms with Crippen LogP contribution in [0.25, 0.3) is 0 Å². The van der Waals surface area contributed by atoms with Crippen molar-refractivity contribution in [3.05, 3.63) is 0 Å². The van der Waals surface area contributed by atoms with Crippen molar-refractivity contribution in [2.24, 2.45) is 11.8 Å². The minimum atomic E-state index is 0.335. The molecule has 0 radical (unpaired) electrons. The molecule has 0 aromatic rings. The molecule has 1 fully saturated rings. The van der Waals surface area contributed by atoms with Crippen molar-refractivity contribution in [2.75, 3.05) is 59.8 Å². The summed E-state index contributed by atoms with van der Waals surface area (Å²) in [6.07, 6.45) is 5.00. The van der Waals surface area contributed by atoms with E-state index in [-0.39, 0.29) is 0 Å². The molecule has 0 amide bonds. The molecule has 0 aromatic heterocycles. The van der Waals surface area contributed by atoms with Gasteiger partial charge >= 0.3 is 0 Å². The van der Waals surface area contributed by atoms with Crippen LogP contribution in [-0.4, -0.2) is 64.9 Å². The molecule has 0 bridgehead atoms. The molecule has 1 aliphatic rings. The minimum absolute atomic E-state index is 0.335. The summed E-state index contributed by atoms with van der Waals surface area (Å²) in [4.78, 5) is 0. The van der Waals surface area contributed by atoms with Gasteiger partial charge < -0.3 is 24.6 Å². The van der Waals surface area contributed by atoms with Crippen LogP contribution in [0.3, 0.4) is 0 Å². The fourth-order valence-electron chi connectivity index (χ4n) is 2.69. The topological polar surface area (TPSA) is 60.0 Å². The number of nitrogens with one attached hydrogen (secondary N) is 1. The maximum atomic E-state index is 9.35. The van der Waals surface area contributed by atoms with Gasteiger partial charge in [0.25, 0.3) is 0 Å². The first-order valence-corrected chi connectivity index (χ1v) is 7.84. The van der Waals surface area contributed by atoms with Crippen LogP contribution in [0, 0.1) is 11.8 Å². The second kappa shape index (κ2) is 12.5. The van der Waals surface area contributed by atoms with E-state index in [9.17, 15) is 5.11 Å². The van der Waals surface area contributed by atoms with Crippen LogP contribution >= 0.6 is 0 Å². The molecule has 20 heavy (non-hydrogen) atoms. The van der Waals surface area contributed by atoms with Gasteiger partial charge in [0.2, 0.25) is 0 Å². The summed E-state index contributed by atoms with van der Waals surface area (Å²) in [5.74, 6) is 1.12. The smallest absolute Gasteiger partial charge is 0.0701 e. The summed E-state index contributed by atoms with van der Waals surface area (Å²) in [7, 11) is 1.67. The van der Waals surface area contributed by atoms with Crippen LogP contribution in [0.5, 0.6) is 0 Å². The first kappa shape index (κ1) is 17.9. The molecule has 2 unspecified atom stereocenters. The van der Waals surface area contributed by atoms with Gasteiger partial charge in [0.05, 0.1) is 33.0 Å². The Bertz CT molecular complexity index is 216. The number of methoxy groups -OCH3 is 1. The molecule has 0 spiro atoms. The van der Waals surface area contributed by atoms with Crippen molar-refractivity contribution < 1.29 is 19.3 Å². The Morgan fingerprint density at radius 2 is 1.60 bits per heavy atom. The zero-order valence-corrected chi connectivity index (χ0v) is 12.8. The summed E-state index contributed by atoms with van der Waals surface area (Å²) < 4.78 is 15.7. The lowest BCUT2D eigenvalue weighted by Crippen LogP contribution is -2.33. The highest BCUT2D eigenvalue weighted by Gasteiger charge is 2.23. The molecule has 1 aliphatic carbocycles. The molecular weight excluding hydrogens is 258 g/mol. The normalized spacial score (nSPS) is 23.1. The lowest BCUT2D eigenvalue weighted by molar-refractivity contribution is 0.0252. The van der Waals surface area contributed by atoms with Crippen molar-refractivity contribution in [1.29, 1.82) is 0 Å². The van der Waals surface area contributed by atoms with Gasteiger partial charge in [-0.15, -0.1) is 0 Å². The van der Waals surface area contributed by atoms with E-state index in [4.69, 9.17) is 14.2 Å². The first-order chi connectivity index (χ1) is 9.88. The molecule has 2 N–H and O–H groups in total. The van der Waals surface area contributed by atoms with Crippen molar-refractivity contribution in [2.45, 2.75) is 25.7 Å². The third-order valence-corrected chi connectivity index (χ3v) is 3.93. The maximum absolute atomic E-state index is 9.35. The Morgan fingerprint density at radius 1 is 0.950 bits per heavy atom. The molecular formula is C15H31NO4. The molecule has 1 saturated carbocycles. The zero-order chi connectivity index (χ0) is 14.5. The monoisotopic (exact) mass is 289 g/mol. The largest absolute Gasteiger partial charge is 0.396 e. The van der Waals surface area contributed by atoms with Crippen LogP contribution in [-0.2, 0) is 14.2 Å². The molecule has 120 valence electrons.